The molecule has 0 aliphatic rings. The summed E-state index contributed by atoms with van der Waals surface area (Å²) in [5.74, 6) is -1.23. The lowest BCUT2D eigenvalue weighted by molar-refractivity contribution is -0.143. The fourth-order valence-electron chi connectivity index (χ4n) is 2.19. The molecule has 0 bridgehead atoms. The van der Waals surface area contributed by atoms with Gasteiger partial charge in [0.1, 0.15) is 17.9 Å². The smallest absolute Gasteiger partial charge is 0.408 e. The quantitative estimate of drug-likeness (QED) is 0.371. The minimum absolute atomic E-state index is 0.0975. The molecule has 28 heavy (non-hydrogen) atoms. The molecule has 1 aromatic rings. The topological polar surface area (TPSA) is 114 Å². The van der Waals surface area contributed by atoms with Crippen LogP contribution in [0.25, 0.3) is 0 Å². The second kappa shape index (κ2) is 10.7. The molecule has 0 unspecified atom stereocenters. The molecule has 0 aromatic heterocycles. The van der Waals surface area contributed by atoms with Gasteiger partial charge in [0.15, 0.2) is 0 Å². The van der Waals surface area contributed by atoms with E-state index in [1.54, 1.807) is 33.8 Å². The number of hydrogen-bond donors (Lipinski definition) is 3. The van der Waals surface area contributed by atoms with Gasteiger partial charge in [-0.2, -0.15) is 0 Å². The number of halogens is 2. The number of phenolic OH excluding ortho intramolecular Hbond substituents is 1. The van der Waals surface area contributed by atoms with Crippen LogP contribution in [0.1, 0.15) is 45.7 Å². The molecule has 0 saturated carbocycles. The van der Waals surface area contributed by atoms with Crippen molar-refractivity contribution in [2.45, 2.75) is 45.8 Å². The predicted octanol–water partition coefficient (Wildman–Crippen LogP) is 3.29. The summed E-state index contributed by atoms with van der Waals surface area (Å²) in [6.07, 6.45) is -0.958. The van der Waals surface area contributed by atoms with Gasteiger partial charge in [0.2, 0.25) is 5.91 Å². The Morgan fingerprint density at radius 3 is 2.50 bits per heavy atom. The van der Waals surface area contributed by atoms with Gasteiger partial charge in [-0.15, -0.1) is 0 Å². The zero-order valence-corrected chi connectivity index (χ0v) is 19.0. The maximum atomic E-state index is 12.3. The summed E-state index contributed by atoms with van der Waals surface area (Å²) in [5.41, 5.74) is -0.424. The second-order valence-corrected chi connectivity index (χ2v) is 8.41. The molecule has 1 aromatic carbocycles. The minimum atomic E-state index is -0.890. The lowest BCUT2D eigenvalue weighted by Gasteiger charge is -2.22. The van der Waals surface area contributed by atoms with E-state index in [-0.39, 0.29) is 30.9 Å². The maximum Gasteiger partial charge on any atom is 0.408 e. The van der Waals surface area contributed by atoms with Gasteiger partial charge in [-0.3, -0.25) is 9.59 Å². The molecule has 2 amide bonds. The van der Waals surface area contributed by atoms with Crippen LogP contribution in [0, 0.1) is 3.57 Å². The number of aromatic hydroxyl groups is 1. The Kier molecular flexibility index (Phi) is 9.28. The number of esters is 1. The van der Waals surface area contributed by atoms with Gasteiger partial charge >= 0.3 is 12.1 Å². The summed E-state index contributed by atoms with van der Waals surface area (Å²) in [7, 11) is 0. The van der Waals surface area contributed by atoms with E-state index in [0.717, 1.165) is 0 Å². The number of benzene rings is 1. The Hall–Kier alpha value is -1.75. The number of alkyl carbamates (subject to hydrolysis) is 1. The van der Waals surface area contributed by atoms with Crippen molar-refractivity contribution in [1.82, 2.24) is 10.6 Å². The van der Waals surface area contributed by atoms with Gasteiger partial charge in [-0.1, -0.05) is 11.6 Å². The number of carbonyl (C=O) groups is 3. The third-order valence-electron chi connectivity index (χ3n) is 3.24. The molecule has 1 rings (SSSR count). The summed E-state index contributed by atoms with van der Waals surface area (Å²) in [6.45, 7) is 6.57. The zero-order valence-electron chi connectivity index (χ0n) is 16.1. The van der Waals surface area contributed by atoms with Crippen molar-refractivity contribution in [3.8, 4) is 5.75 Å². The van der Waals surface area contributed by atoms with Crippen molar-refractivity contribution in [3.05, 3.63) is 26.3 Å². The summed E-state index contributed by atoms with van der Waals surface area (Å²) < 4.78 is 10.5. The molecule has 0 aliphatic carbocycles. The highest BCUT2D eigenvalue weighted by atomic mass is 127. The fraction of sp³-hybridized carbons (Fsp3) is 0.500. The maximum absolute atomic E-state index is 12.3. The van der Waals surface area contributed by atoms with Crippen LogP contribution in [0.2, 0.25) is 5.02 Å². The highest BCUT2D eigenvalue weighted by Crippen LogP contribution is 2.34. The van der Waals surface area contributed by atoms with Crippen LogP contribution in [0.15, 0.2) is 12.1 Å². The van der Waals surface area contributed by atoms with Crippen molar-refractivity contribution in [2.75, 3.05) is 13.2 Å². The largest absolute Gasteiger partial charge is 0.506 e. The molecular formula is C18H24ClIN2O6. The Morgan fingerprint density at radius 1 is 1.29 bits per heavy atom. The van der Waals surface area contributed by atoms with E-state index in [1.807, 2.05) is 22.6 Å². The van der Waals surface area contributed by atoms with Crippen LogP contribution in [0.3, 0.4) is 0 Å². The van der Waals surface area contributed by atoms with Crippen LogP contribution >= 0.6 is 34.2 Å². The van der Waals surface area contributed by atoms with Gasteiger partial charge < -0.3 is 25.2 Å². The van der Waals surface area contributed by atoms with Gasteiger partial charge in [0, 0.05) is 10.6 Å². The van der Waals surface area contributed by atoms with Crippen molar-refractivity contribution >= 4 is 52.2 Å². The van der Waals surface area contributed by atoms with Crippen LogP contribution in [0.5, 0.6) is 5.75 Å². The zero-order chi connectivity index (χ0) is 21.5. The summed E-state index contributed by atoms with van der Waals surface area (Å²) >= 11 is 7.94. The van der Waals surface area contributed by atoms with Crippen LogP contribution in [-0.4, -0.2) is 41.8 Å². The first kappa shape index (κ1) is 24.3. The number of rotatable bonds is 7. The van der Waals surface area contributed by atoms with E-state index in [0.29, 0.717) is 8.59 Å². The molecule has 0 saturated heterocycles. The molecule has 156 valence electrons. The highest BCUT2D eigenvalue weighted by molar-refractivity contribution is 14.1. The molecule has 0 fully saturated rings. The van der Waals surface area contributed by atoms with Crippen molar-refractivity contribution in [2.24, 2.45) is 0 Å². The van der Waals surface area contributed by atoms with Gasteiger partial charge in [-0.05, 0) is 62.4 Å². The Bertz CT molecular complexity index is 736. The van der Waals surface area contributed by atoms with Crippen LogP contribution < -0.4 is 10.6 Å². The first-order valence-corrected chi connectivity index (χ1v) is 9.98. The molecular weight excluding hydrogens is 503 g/mol. The molecule has 0 radical (unpaired) electrons. The van der Waals surface area contributed by atoms with Gasteiger partial charge in [0.05, 0.1) is 22.6 Å². The molecule has 8 nitrogen and oxygen atoms in total. The summed E-state index contributed by atoms with van der Waals surface area (Å²) in [6, 6.07) is 2.12. The average molecular weight is 527 g/mol. The van der Waals surface area contributed by atoms with Crippen molar-refractivity contribution in [1.29, 1.82) is 0 Å². The first-order valence-electron chi connectivity index (χ1n) is 8.52. The third kappa shape index (κ3) is 8.51. The van der Waals surface area contributed by atoms with Crippen LogP contribution in [0.4, 0.5) is 4.79 Å². The lowest BCUT2D eigenvalue weighted by atomic mass is 10.0. The van der Waals surface area contributed by atoms with Gasteiger partial charge in [-0.25, -0.2) is 4.79 Å². The van der Waals surface area contributed by atoms with E-state index in [2.05, 4.69) is 10.6 Å². The highest BCUT2D eigenvalue weighted by Gasteiger charge is 2.24. The second-order valence-electron chi connectivity index (χ2n) is 6.81. The van der Waals surface area contributed by atoms with Gasteiger partial charge in [0.25, 0.3) is 0 Å². The summed E-state index contributed by atoms with van der Waals surface area (Å²) in [5, 5.41) is 15.6. The number of phenols is 1. The monoisotopic (exact) mass is 526 g/mol. The number of amides is 2. The molecule has 0 spiro atoms. The summed E-state index contributed by atoms with van der Waals surface area (Å²) in [4.78, 5) is 35.9. The van der Waals surface area contributed by atoms with E-state index in [1.165, 1.54) is 6.07 Å². The standard InChI is InChI=1S/C18H24ClIN2O6/c1-5-27-15(24)8-13(11-6-10(19)7-12(20)16(11)25)22-14(23)9-21-17(26)28-18(2,3)4/h6-7,13,25H,5,8-9H2,1-4H3,(H,21,26)(H,22,23)/t13-/m1/s1. The predicted molar refractivity (Wildman–Crippen MR) is 112 cm³/mol. The molecule has 10 heteroatoms. The normalized spacial score (nSPS) is 12.1. The Morgan fingerprint density at radius 2 is 1.93 bits per heavy atom. The number of carbonyl (C=O) groups excluding carboxylic acids is 3. The van der Waals surface area contributed by atoms with Crippen LogP contribution in [-0.2, 0) is 19.1 Å². The first-order chi connectivity index (χ1) is 12.9. The molecule has 0 aliphatic heterocycles. The lowest BCUT2D eigenvalue weighted by Crippen LogP contribution is -2.41. The average Bonchev–Trinajstić information content (AvgIpc) is 2.54. The fourth-order valence-corrected chi connectivity index (χ4v) is 3.25. The third-order valence-corrected chi connectivity index (χ3v) is 4.28. The Labute approximate surface area is 182 Å². The minimum Gasteiger partial charge on any atom is -0.506 e. The van der Waals surface area contributed by atoms with E-state index >= 15 is 0 Å². The molecule has 3 N–H and O–H groups in total. The SMILES string of the molecule is CCOC(=O)C[C@@H](NC(=O)CNC(=O)OC(C)(C)C)c1cc(Cl)cc(I)c1O. The number of hydrogen-bond acceptors (Lipinski definition) is 6. The number of ether oxygens (including phenoxy) is 2. The van der Waals surface area contributed by atoms with E-state index < -0.39 is 29.6 Å². The molecule has 0 heterocycles. The van der Waals surface area contributed by atoms with E-state index in [4.69, 9.17) is 21.1 Å². The Balaban J connectivity index is 2.91. The van der Waals surface area contributed by atoms with E-state index in [9.17, 15) is 19.5 Å². The number of nitrogens with one attached hydrogen (secondary N) is 2. The van der Waals surface area contributed by atoms with Crippen molar-refractivity contribution in [3.63, 3.8) is 0 Å². The van der Waals surface area contributed by atoms with Crippen molar-refractivity contribution < 1.29 is 29.0 Å². The molecule has 1 atom stereocenters.